The second kappa shape index (κ2) is 6.38. The molecule has 1 fully saturated rings. The van der Waals surface area contributed by atoms with Crippen LogP contribution in [0.5, 0.6) is 0 Å². The van der Waals surface area contributed by atoms with E-state index in [-0.39, 0.29) is 5.54 Å². The van der Waals surface area contributed by atoms with E-state index in [1.165, 1.54) is 25.8 Å². The molecule has 3 atom stereocenters. The molecule has 2 nitrogen and oxygen atoms in total. The predicted octanol–water partition coefficient (Wildman–Crippen LogP) is 3.51. The van der Waals surface area contributed by atoms with Crippen molar-refractivity contribution in [1.82, 2.24) is 4.90 Å². The molecule has 0 aliphatic heterocycles. The summed E-state index contributed by atoms with van der Waals surface area (Å²) in [5.74, 6) is 2.29. The van der Waals surface area contributed by atoms with Crippen LogP contribution in [0.2, 0.25) is 0 Å². The molecule has 1 aliphatic carbocycles. The van der Waals surface area contributed by atoms with Crippen LogP contribution in [0.25, 0.3) is 0 Å². The van der Waals surface area contributed by atoms with E-state index in [1.54, 1.807) is 0 Å². The van der Waals surface area contributed by atoms with Crippen LogP contribution < -0.4 is 5.73 Å². The third kappa shape index (κ3) is 3.27. The molecule has 1 rings (SSSR count). The minimum atomic E-state index is 0.241. The zero-order valence-corrected chi connectivity index (χ0v) is 13.4. The predicted molar refractivity (Wildman–Crippen MR) is 80.6 cm³/mol. The molecule has 0 heterocycles. The molecule has 0 bridgehead atoms. The Balaban J connectivity index is 2.95. The largest absolute Gasteiger partial charge is 0.329 e. The van der Waals surface area contributed by atoms with Crippen LogP contribution in [-0.2, 0) is 0 Å². The summed E-state index contributed by atoms with van der Waals surface area (Å²) in [7, 11) is 0. The van der Waals surface area contributed by atoms with Crippen molar-refractivity contribution >= 4 is 0 Å². The van der Waals surface area contributed by atoms with Crippen molar-refractivity contribution in [2.24, 2.45) is 23.5 Å². The van der Waals surface area contributed by atoms with Gasteiger partial charge in [-0.05, 0) is 50.9 Å². The smallest absolute Gasteiger partial charge is 0.0360 e. The van der Waals surface area contributed by atoms with Crippen LogP contribution >= 0.6 is 0 Å². The lowest BCUT2D eigenvalue weighted by molar-refractivity contribution is -0.0275. The number of hydrogen-bond donors (Lipinski definition) is 1. The maximum Gasteiger partial charge on any atom is 0.0360 e. The van der Waals surface area contributed by atoms with Crippen LogP contribution in [0.1, 0.15) is 60.8 Å². The maximum absolute atomic E-state index is 6.25. The first-order valence-electron chi connectivity index (χ1n) is 7.80. The molecule has 0 saturated heterocycles. The van der Waals surface area contributed by atoms with Crippen molar-refractivity contribution in [2.75, 3.05) is 13.1 Å². The van der Waals surface area contributed by atoms with Crippen LogP contribution in [0.3, 0.4) is 0 Å². The zero-order chi connectivity index (χ0) is 13.9. The highest BCUT2D eigenvalue weighted by atomic mass is 15.2. The Morgan fingerprint density at radius 1 is 1.22 bits per heavy atom. The summed E-state index contributed by atoms with van der Waals surface area (Å²) in [5.41, 5.74) is 6.49. The first-order valence-corrected chi connectivity index (χ1v) is 7.80. The van der Waals surface area contributed by atoms with Crippen molar-refractivity contribution in [3.63, 3.8) is 0 Å². The van der Waals surface area contributed by atoms with Crippen molar-refractivity contribution in [3.8, 4) is 0 Å². The lowest BCUT2D eigenvalue weighted by Gasteiger charge is -2.53. The van der Waals surface area contributed by atoms with Crippen LogP contribution in [-0.4, -0.2) is 29.6 Å². The Kier molecular flexibility index (Phi) is 5.67. The minimum absolute atomic E-state index is 0.241. The highest BCUT2D eigenvalue weighted by molar-refractivity contribution is 5.00. The molecule has 108 valence electrons. The van der Waals surface area contributed by atoms with Gasteiger partial charge in [-0.15, -0.1) is 0 Å². The van der Waals surface area contributed by atoms with Crippen LogP contribution in [0, 0.1) is 17.8 Å². The molecular formula is C16H34N2. The van der Waals surface area contributed by atoms with E-state index in [1.807, 2.05) is 0 Å². The van der Waals surface area contributed by atoms with Gasteiger partial charge in [-0.25, -0.2) is 0 Å². The Morgan fingerprint density at radius 2 is 1.83 bits per heavy atom. The molecule has 3 unspecified atom stereocenters. The Hall–Kier alpha value is -0.0800. The number of hydrogen-bond acceptors (Lipinski definition) is 2. The van der Waals surface area contributed by atoms with Gasteiger partial charge in [0.25, 0.3) is 0 Å². The fourth-order valence-corrected chi connectivity index (χ4v) is 3.83. The second-order valence-electron chi connectivity index (χ2n) is 7.23. The Bertz CT molecular complexity index is 249. The first-order chi connectivity index (χ1) is 8.33. The van der Waals surface area contributed by atoms with E-state index in [2.05, 4.69) is 46.4 Å². The first kappa shape index (κ1) is 16.0. The standard InChI is InChI=1S/C16H34N2/c1-12(2)10-18(13(3)4)16(11-17)8-7-14(5)9-15(16)6/h12-15H,7-11,17H2,1-6H3. The minimum Gasteiger partial charge on any atom is -0.329 e. The molecule has 0 amide bonds. The van der Waals surface area contributed by atoms with Gasteiger partial charge < -0.3 is 5.73 Å². The van der Waals surface area contributed by atoms with Gasteiger partial charge >= 0.3 is 0 Å². The van der Waals surface area contributed by atoms with Gasteiger partial charge in [0, 0.05) is 24.7 Å². The molecule has 0 spiro atoms. The number of rotatable bonds is 5. The van der Waals surface area contributed by atoms with Gasteiger partial charge in [0.1, 0.15) is 0 Å². The van der Waals surface area contributed by atoms with Crippen molar-refractivity contribution in [1.29, 1.82) is 0 Å². The summed E-state index contributed by atoms with van der Waals surface area (Å²) >= 11 is 0. The van der Waals surface area contributed by atoms with Gasteiger partial charge in [-0.2, -0.15) is 0 Å². The fraction of sp³-hybridized carbons (Fsp3) is 1.00. The summed E-state index contributed by atoms with van der Waals surface area (Å²) in [4.78, 5) is 2.70. The highest BCUT2D eigenvalue weighted by Crippen LogP contribution is 2.41. The van der Waals surface area contributed by atoms with Crippen molar-refractivity contribution < 1.29 is 0 Å². The number of nitrogens with zero attached hydrogens (tertiary/aromatic N) is 1. The van der Waals surface area contributed by atoms with E-state index in [0.29, 0.717) is 17.9 Å². The van der Waals surface area contributed by atoms with E-state index in [9.17, 15) is 0 Å². The third-order valence-electron chi connectivity index (χ3n) is 4.85. The fourth-order valence-electron chi connectivity index (χ4n) is 3.83. The Labute approximate surface area is 114 Å². The normalized spacial score (nSPS) is 33.7. The molecule has 0 aromatic rings. The van der Waals surface area contributed by atoms with Gasteiger partial charge in [-0.3, -0.25) is 4.90 Å². The average Bonchev–Trinajstić information content (AvgIpc) is 2.27. The summed E-state index contributed by atoms with van der Waals surface area (Å²) in [5, 5.41) is 0. The van der Waals surface area contributed by atoms with E-state index in [4.69, 9.17) is 5.73 Å². The maximum atomic E-state index is 6.25. The number of nitrogens with two attached hydrogens (primary N) is 1. The molecule has 0 radical (unpaired) electrons. The molecular weight excluding hydrogens is 220 g/mol. The molecule has 18 heavy (non-hydrogen) atoms. The zero-order valence-electron chi connectivity index (χ0n) is 13.4. The Morgan fingerprint density at radius 3 is 2.22 bits per heavy atom. The van der Waals surface area contributed by atoms with Gasteiger partial charge in [0.15, 0.2) is 0 Å². The van der Waals surface area contributed by atoms with E-state index < -0.39 is 0 Å². The lowest BCUT2D eigenvalue weighted by atomic mass is 9.68. The summed E-state index contributed by atoms with van der Waals surface area (Å²) in [6.07, 6.45) is 3.94. The van der Waals surface area contributed by atoms with Gasteiger partial charge in [0.05, 0.1) is 0 Å². The molecule has 0 aromatic carbocycles. The van der Waals surface area contributed by atoms with E-state index >= 15 is 0 Å². The summed E-state index contributed by atoms with van der Waals surface area (Å²) in [6, 6.07) is 0.590. The average molecular weight is 254 g/mol. The monoisotopic (exact) mass is 254 g/mol. The molecule has 1 aliphatic rings. The molecule has 0 aromatic heterocycles. The topological polar surface area (TPSA) is 29.3 Å². The molecule has 2 N–H and O–H groups in total. The SMILES string of the molecule is CC(C)CN(C(C)C)C1(CN)CCC(C)CC1C. The summed E-state index contributed by atoms with van der Waals surface area (Å²) in [6.45, 7) is 16.1. The van der Waals surface area contributed by atoms with Crippen LogP contribution in [0.4, 0.5) is 0 Å². The van der Waals surface area contributed by atoms with Crippen LogP contribution in [0.15, 0.2) is 0 Å². The van der Waals surface area contributed by atoms with Crippen molar-refractivity contribution in [2.45, 2.75) is 72.4 Å². The quantitative estimate of drug-likeness (QED) is 0.813. The molecule has 2 heteroatoms. The van der Waals surface area contributed by atoms with E-state index in [0.717, 1.165) is 12.5 Å². The van der Waals surface area contributed by atoms with Gasteiger partial charge in [-0.1, -0.05) is 27.7 Å². The van der Waals surface area contributed by atoms with Crippen molar-refractivity contribution in [3.05, 3.63) is 0 Å². The second-order valence-corrected chi connectivity index (χ2v) is 7.23. The molecule has 1 saturated carbocycles. The summed E-state index contributed by atoms with van der Waals surface area (Å²) < 4.78 is 0. The highest BCUT2D eigenvalue weighted by Gasteiger charge is 2.44. The third-order valence-corrected chi connectivity index (χ3v) is 4.85. The van der Waals surface area contributed by atoms with Gasteiger partial charge in [0.2, 0.25) is 0 Å². The lowest BCUT2D eigenvalue weighted by Crippen LogP contribution is -2.62.